The van der Waals surface area contributed by atoms with Crippen molar-refractivity contribution < 1.29 is 54.3 Å². The molecule has 1 unspecified atom stereocenters. The second-order valence-corrected chi connectivity index (χ2v) is 8.94. The van der Waals surface area contributed by atoms with Crippen LogP contribution in [0.1, 0.15) is 25.5 Å². The third-order valence-electron chi connectivity index (χ3n) is 4.68. The summed E-state index contributed by atoms with van der Waals surface area (Å²) >= 11 is 7.26. The molecule has 15 heteroatoms. The van der Waals surface area contributed by atoms with Gasteiger partial charge in [-0.1, -0.05) is 24.3 Å². The van der Waals surface area contributed by atoms with Gasteiger partial charge in [-0.3, -0.25) is 19.3 Å². The normalized spacial score (nSPS) is 20.1. The van der Waals surface area contributed by atoms with E-state index in [1.54, 1.807) is 6.92 Å². The number of thioether (sulfide) groups is 1. The smallest absolute Gasteiger partial charge is 0.863 e. The minimum absolute atomic E-state index is 0. The maximum absolute atomic E-state index is 12.7. The Kier molecular flexibility index (Phi) is 9.48. The van der Waals surface area contributed by atoms with E-state index in [9.17, 15) is 24.7 Å². The van der Waals surface area contributed by atoms with Crippen molar-refractivity contribution in [1.29, 1.82) is 0 Å². The zero-order chi connectivity index (χ0) is 22.7. The van der Waals surface area contributed by atoms with Crippen LogP contribution in [-0.4, -0.2) is 67.3 Å². The van der Waals surface area contributed by atoms with Crippen LogP contribution in [0.5, 0.6) is 0 Å². The first-order valence-corrected chi connectivity index (χ1v) is 11.5. The molecule has 3 amide bonds. The van der Waals surface area contributed by atoms with Crippen LogP contribution < -0.4 is 51.0 Å². The number of β-lactam (4-membered cyclic amide) rings is 1. The molecule has 1 saturated heterocycles. The summed E-state index contributed by atoms with van der Waals surface area (Å²) in [6.45, 7) is 2.06. The molecule has 1 aromatic heterocycles. The summed E-state index contributed by atoms with van der Waals surface area (Å²) in [5.74, 6) is -0.984. The maximum atomic E-state index is 12.7. The van der Waals surface area contributed by atoms with E-state index in [2.05, 4.69) is 20.8 Å². The molecule has 0 saturated carbocycles. The fourth-order valence-electron chi connectivity index (χ4n) is 3.16. The van der Waals surface area contributed by atoms with E-state index < -0.39 is 28.3 Å². The van der Waals surface area contributed by atoms with Crippen molar-refractivity contribution in [3.63, 3.8) is 0 Å². The van der Waals surface area contributed by atoms with E-state index >= 15 is 0 Å². The number of hydrogen-bond donors (Lipinski definition) is 4. The number of amides is 3. The van der Waals surface area contributed by atoms with Gasteiger partial charge in [0.25, 0.3) is 11.8 Å². The second kappa shape index (κ2) is 11.4. The Balaban J connectivity index is 0.00000363. The first kappa shape index (κ1) is 26.5. The number of carbonyl (C=O) groups excluding carboxylic acids is 3. The molecule has 1 fully saturated rings. The number of thiocarbonyl (C=S) groups is 1. The van der Waals surface area contributed by atoms with Crippen LogP contribution in [0.25, 0.3) is 0 Å². The maximum Gasteiger partial charge on any atom is 1.00 e. The van der Waals surface area contributed by atoms with Crippen LogP contribution in [0.4, 0.5) is 5.13 Å². The number of fused-ring (bicyclic) bond motifs is 1. The molecule has 32 heavy (non-hydrogen) atoms. The van der Waals surface area contributed by atoms with Crippen molar-refractivity contribution in [2.75, 3.05) is 18.0 Å². The molecule has 0 aromatic carbocycles. The van der Waals surface area contributed by atoms with Crippen LogP contribution >= 0.6 is 35.3 Å². The van der Waals surface area contributed by atoms with Gasteiger partial charge in [-0.2, -0.15) is 0 Å². The molecule has 3 heterocycles. The Morgan fingerprint density at radius 1 is 1.50 bits per heavy atom. The van der Waals surface area contributed by atoms with E-state index in [4.69, 9.17) is 18.0 Å². The molecular weight excluding hydrogens is 487 g/mol. The number of oxime groups is 1. The molecule has 0 spiro atoms. The van der Waals surface area contributed by atoms with E-state index in [0.717, 1.165) is 11.3 Å². The molecule has 0 radical (unpaired) electrons. The molecule has 2 aliphatic heterocycles. The van der Waals surface area contributed by atoms with Crippen LogP contribution in [0, 0.1) is 0 Å². The summed E-state index contributed by atoms with van der Waals surface area (Å²) < 4.78 is 0. The zero-order valence-corrected chi connectivity index (χ0v) is 21.7. The summed E-state index contributed by atoms with van der Waals surface area (Å²) in [6, 6.07) is -0.920. The second-order valence-electron chi connectivity index (χ2n) is 6.57. The molecule has 2 aliphatic rings. The number of nitrogens with one attached hydrogen (secondary N) is 2. The van der Waals surface area contributed by atoms with Gasteiger partial charge in [0.05, 0.1) is 0 Å². The van der Waals surface area contributed by atoms with Gasteiger partial charge in [-0.25, -0.2) is 4.98 Å². The van der Waals surface area contributed by atoms with E-state index in [0.29, 0.717) is 30.7 Å². The van der Waals surface area contributed by atoms with E-state index in [1.165, 1.54) is 22.0 Å². The first-order chi connectivity index (χ1) is 14.8. The number of rotatable bonds is 8. The molecule has 1 aromatic rings. The van der Waals surface area contributed by atoms with Crippen molar-refractivity contribution in [2.45, 2.75) is 31.2 Å². The Morgan fingerprint density at radius 2 is 2.22 bits per heavy atom. The fraction of sp³-hybridized carbons (Fsp3) is 0.412. The van der Waals surface area contributed by atoms with Gasteiger partial charge in [0, 0.05) is 29.8 Å². The molecule has 3 rings (SSSR count). The van der Waals surface area contributed by atoms with Gasteiger partial charge in [0.1, 0.15) is 17.1 Å². The molecule has 0 bridgehead atoms. The van der Waals surface area contributed by atoms with Gasteiger partial charge >= 0.3 is 29.6 Å². The van der Waals surface area contributed by atoms with Gasteiger partial charge in [0.2, 0.25) is 5.91 Å². The Bertz CT molecular complexity index is 997. The molecule has 5 N–H and O–H groups in total. The number of anilines is 1. The van der Waals surface area contributed by atoms with Crippen molar-refractivity contribution in [3.05, 3.63) is 22.3 Å². The largest absolute Gasteiger partial charge is 1.00 e. The Morgan fingerprint density at radius 3 is 2.78 bits per heavy atom. The number of aromatic nitrogens is 1. The average Bonchev–Trinajstić information content (AvgIpc) is 3.17. The Hall–Kier alpha value is -1.71. The zero-order valence-electron chi connectivity index (χ0n) is 17.3. The molecule has 0 aliphatic carbocycles. The molecule has 166 valence electrons. The standard InChI is InChI=1S/C17H20N6O5S3.Na/c1-2-9(24)19-4-3-7-5-30-15-11(14(26)23(15)12(7)16(27)29)21-13(25)10(22-28)8-6-31-17(18)20-8;/h6,11,15,28H,2-5H2,1H3,(H2,18,20)(H,19,24)(H,21,25)(H,27,29);/q;+1/p-1/b22-10-;/t11?,15-;/m1./s1. The van der Waals surface area contributed by atoms with Crippen LogP contribution in [-0.2, 0) is 14.4 Å². The van der Waals surface area contributed by atoms with Gasteiger partial charge < -0.3 is 26.7 Å². The monoisotopic (exact) mass is 506 g/mol. The van der Waals surface area contributed by atoms with Crippen molar-refractivity contribution in [2.24, 2.45) is 5.16 Å². The third-order valence-corrected chi connectivity index (χ3v) is 6.88. The number of carbonyl (C=O) groups is 3. The average molecular weight is 507 g/mol. The van der Waals surface area contributed by atoms with Crippen molar-refractivity contribution >= 4 is 68.9 Å². The van der Waals surface area contributed by atoms with Crippen molar-refractivity contribution in [1.82, 2.24) is 20.5 Å². The number of nitrogen functional groups attached to an aromatic ring is 1. The number of thiazole rings is 1. The predicted molar refractivity (Wildman–Crippen MR) is 117 cm³/mol. The van der Waals surface area contributed by atoms with Crippen molar-refractivity contribution in [3.8, 4) is 0 Å². The molecule has 11 nitrogen and oxygen atoms in total. The summed E-state index contributed by atoms with van der Waals surface area (Å²) in [5.41, 5.74) is 6.05. The summed E-state index contributed by atoms with van der Waals surface area (Å²) in [7, 11) is 0. The first-order valence-electron chi connectivity index (χ1n) is 9.17. The minimum Gasteiger partial charge on any atom is -0.863 e. The van der Waals surface area contributed by atoms with Gasteiger partial charge in [-0.15, -0.1) is 23.1 Å². The number of nitrogens with two attached hydrogens (primary N) is 1. The summed E-state index contributed by atoms with van der Waals surface area (Å²) in [5, 5.41) is 30.0. The summed E-state index contributed by atoms with van der Waals surface area (Å²) in [4.78, 5) is 41.8. The third kappa shape index (κ3) is 5.43. The quantitative estimate of drug-likeness (QED) is 0.0688. The van der Waals surface area contributed by atoms with E-state index in [-0.39, 0.29) is 57.7 Å². The van der Waals surface area contributed by atoms with Crippen LogP contribution in [0.3, 0.4) is 0 Å². The topological polar surface area (TPSA) is 173 Å². The SMILES string of the molecule is CCC(=O)NCCC1=C(C([O-])=S)N2C(=O)C(NC(=O)/C(=N\O)c3csc(N)n3)[C@H]2SC1.[Na+]. The fourth-order valence-corrected chi connectivity index (χ4v) is 5.34. The van der Waals surface area contributed by atoms with Gasteiger partial charge in [0.15, 0.2) is 10.8 Å². The molecule has 2 atom stereocenters. The number of nitrogens with zero attached hydrogens (tertiary/aromatic N) is 3. The molecular formula is C17H19N6NaO5S3. The number of hydrogen-bond acceptors (Lipinski definition) is 11. The predicted octanol–water partition coefficient (Wildman–Crippen LogP) is -3.83. The van der Waals surface area contributed by atoms with Gasteiger partial charge in [-0.05, 0) is 17.0 Å². The summed E-state index contributed by atoms with van der Waals surface area (Å²) in [6.07, 6.45) is 0.734. The minimum atomic E-state index is -0.920. The van der Waals surface area contributed by atoms with E-state index in [1.807, 2.05) is 0 Å². The Labute approximate surface area is 219 Å². The van der Waals surface area contributed by atoms with Crippen LogP contribution in [0.15, 0.2) is 21.8 Å². The van der Waals surface area contributed by atoms with Crippen LogP contribution in [0.2, 0.25) is 0 Å².